The van der Waals surface area contributed by atoms with Gasteiger partial charge in [0.1, 0.15) is 0 Å². The van der Waals surface area contributed by atoms with Gasteiger partial charge in [0.2, 0.25) is 0 Å². The zero-order valence-electron chi connectivity index (χ0n) is 8.72. The summed E-state index contributed by atoms with van der Waals surface area (Å²) in [6.07, 6.45) is 4.48. The molecule has 1 aromatic heterocycles. The van der Waals surface area contributed by atoms with Crippen LogP contribution in [0.5, 0.6) is 0 Å². The van der Waals surface area contributed by atoms with Gasteiger partial charge in [0, 0.05) is 19.0 Å². The van der Waals surface area contributed by atoms with Crippen LogP contribution in [0.15, 0.2) is 24.5 Å². The fraction of sp³-hybridized carbons (Fsp3) is 0.455. The second-order valence-electron chi connectivity index (χ2n) is 3.31. The Morgan fingerprint density at radius 2 is 2.20 bits per heavy atom. The zero-order valence-corrected chi connectivity index (χ0v) is 8.72. The topological polar surface area (TPSA) is 59.4 Å². The van der Waals surface area contributed by atoms with Crippen LogP contribution >= 0.6 is 0 Å². The van der Waals surface area contributed by atoms with Crippen molar-refractivity contribution < 1.29 is 14.6 Å². The van der Waals surface area contributed by atoms with Crippen molar-refractivity contribution in [2.24, 2.45) is 0 Å². The lowest BCUT2D eigenvalue weighted by Gasteiger charge is -2.07. The molecule has 1 rings (SSSR count). The summed E-state index contributed by atoms with van der Waals surface area (Å²) in [7, 11) is 0. The molecular formula is C11H15NO3. The van der Waals surface area contributed by atoms with Crippen LogP contribution < -0.4 is 0 Å². The fourth-order valence-corrected chi connectivity index (χ4v) is 1.16. The molecule has 0 aliphatic rings. The monoisotopic (exact) mass is 209 g/mol. The average Bonchev–Trinajstić information content (AvgIpc) is 2.25. The minimum absolute atomic E-state index is 0.468. The molecule has 0 aliphatic heterocycles. The number of carbonyl (C=O) groups is 1. The van der Waals surface area contributed by atoms with Gasteiger partial charge in [0.25, 0.3) is 0 Å². The van der Waals surface area contributed by atoms with Gasteiger partial charge in [-0.25, -0.2) is 4.79 Å². The molecule has 1 N–H and O–H groups in total. The van der Waals surface area contributed by atoms with E-state index in [0.29, 0.717) is 6.61 Å². The largest absolute Gasteiger partial charge is 0.479 e. The second kappa shape index (κ2) is 6.14. The van der Waals surface area contributed by atoms with Gasteiger partial charge in [0.05, 0.1) is 0 Å². The maximum atomic E-state index is 10.4. The van der Waals surface area contributed by atoms with Crippen LogP contribution in [-0.2, 0) is 16.0 Å². The molecule has 0 radical (unpaired) electrons. The Morgan fingerprint density at radius 1 is 1.53 bits per heavy atom. The average molecular weight is 209 g/mol. The molecule has 0 bridgehead atoms. The molecule has 0 saturated carbocycles. The van der Waals surface area contributed by atoms with Crippen molar-refractivity contribution in [2.45, 2.75) is 25.9 Å². The number of aliphatic carboxylic acids is 1. The lowest BCUT2D eigenvalue weighted by atomic mass is 10.1. The van der Waals surface area contributed by atoms with E-state index in [0.717, 1.165) is 12.8 Å². The van der Waals surface area contributed by atoms with Crippen LogP contribution in [0.2, 0.25) is 0 Å². The van der Waals surface area contributed by atoms with Gasteiger partial charge in [-0.3, -0.25) is 4.98 Å². The normalized spacial score (nSPS) is 12.3. The molecule has 0 amide bonds. The van der Waals surface area contributed by atoms with E-state index in [1.165, 1.54) is 12.5 Å². The SMILES string of the molecule is C[C@H](OCCCc1ccncc1)C(=O)O. The van der Waals surface area contributed by atoms with E-state index in [1.807, 2.05) is 12.1 Å². The van der Waals surface area contributed by atoms with Crippen molar-refractivity contribution in [2.75, 3.05) is 6.61 Å². The first-order valence-electron chi connectivity index (χ1n) is 4.93. The standard InChI is InChI=1S/C11H15NO3/c1-9(11(13)14)15-8-2-3-10-4-6-12-7-5-10/h4-7,9H,2-3,8H2,1H3,(H,13,14)/t9-/m0/s1. The first-order valence-corrected chi connectivity index (χ1v) is 4.93. The number of hydrogen-bond acceptors (Lipinski definition) is 3. The molecule has 1 heterocycles. The predicted molar refractivity (Wildman–Crippen MR) is 55.6 cm³/mol. The molecule has 4 heteroatoms. The maximum Gasteiger partial charge on any atom is 0.332 e. The van der Waals surface area contributed by atoms with E-state index in [2.05, 4.69) is 4.98 Å². The Morgan fingerprint density at radius 3 is 2.80 bits per heavy atom. The quantitative estimate of drug-likeness (QED) is 0.721. The first kappa shape index (κ1) is 11.7. The summed E-state index contributed by atoms with van der Waals surface area (Å²) in [4.78, 5) is 14.3. The van der Waals surface area contributed by atoms with Crippen molar-refractivity contribution in [3.05, 3.63) is 30.1 Å². The number of nitrogens with zero attached hydrogens (tertiary/aromatic N) is 1. The molecule has 82 valence electrons. The molecule has 0 aromatic carbocycles. The summed E-state index contributed by atoms with van der Waals surface area (Å²) in [5.41, 5.74) is 1.19. The number of carboxylic acids is 1. The van der Waals surface area contributed by atoms with Crippen molar-refractivity contribution >= 4 is 5.97 Å². The minimum Gasteiger partial charge on any atom is -0.479 e. The van der Waals surface area contributed by atoms with Gasteiger partial charge < -0.3 is 9.84 Å². The van der Waals surface area contributed by atoms with Gasteiger partial charge in [-0.2, -0.15) is 0 Å². The molecule has 0 spiro atoms. The Balaban J connectivity index is 2.15. The van der Waals surface area contributed by atoms with Crippen LogP contribution in [-0.4, -0.2) is 28.8 Å². The van der Waals surface area contributed by atoms with Gasteiger partial charge in [0.15, 0.2) is 6.10 Å². The highest BCUT2D eigenvalue weighted by Gasteiger charge is 2.09. The number of rotatable bonds is 6. The van der Waals surface area contributed by atoms with Crippen LogP contribution in [0, 0.1) is 0 Å². The molecule has 0 saturated heterocycles. The van der Waals surface area contributed by atoms with Gasteiger partial charge in [-0.1, -0.05) is 0 Å². The second-order valence-corrected chi connectivity index (χ2v) is 3.31. The van der Waals surface area contributed by atoms with Gasteiger partial charge >= 0.3 is 5.97 Å². The third-order valence-electron chi connectivity index (χ3n) is 2.07. The third-order valence-corrected chi connectivity index (χ3v) is 2.07. The number of carboxylic acid groups (broad SMARTS) is 1. The summed E-state index contributed by atoms with van der Waals surface area (Å²) in [6.45, 7) is 2.00. The minimum atomic E-state index is -0.918. The number of aryl methyl sites for hydroxylation is 1. The number of ether oxygens (including phenoxy) is 1. The summed E-state index contributed by atoms with van der Waals surface area (Å²) in [6, 6.07) is 3.89. The lowest BCUT2D eigenvalue weighted by molar-refractivity contribution is -0.149. The van der Waals surface area contributed by atoms with Crippen LogP contribution in [0.4, 0.5) is 0 Å². The maximum absolute atomic E-state index is 10.4. The van der Waals surface area contributed by atoms with E-state index >= 15 is 0 Å². The van der Waals surface area contributed by atoms with Crippen LogP contribution in [0.25, 0.3) is 0 Å². The molecule has 4 nitrogen and oxygen atoms in total. The van der Waals surface area contributed by atoms with Crippen molar-refractivity contribution in [3.8, 4) is 0 Å². The summed E-state index contributed by atoms with van der Waals surface area (Å²) in [5.74, 6) is -0.918. The van der Waals surface area contributed by atoms with E-state index in [1.54, 1.807) is 12.4 Å². The summed E-state index contributed by atoms with van der Waals surface area (Å²) >= 11 is 0. The lowest BCUT2D eigenvalue weighted by Crippen LogP contribution is -2.20. The van der Waals surface area contributed by atoms with E-state index in [4.69, 9.17) is 9.84 Å². The smallest absolute Gasteiger partial charge is 0.332 e. The van der Waals surface area contributed by atoms with Gasteiger partial charge in [-0.05, 0) is 37.5 Å². The molecule has 1 aromatic rings. The number of pyridine rings is 1. The Hall–Kier alpha value is -1.42. The highest BCUT2D eigenvalue weighted by atomic mass is 16.5. The first-order chi connectivity index (χ1) is 7.20. The van der Waals surface area contributed by atoms with Crippen LogP contribution in [0.1, 0.15) is 18.9 Å². The predicted octanol–water partition coefficient (Wildman–Crippen LogP) is 1.50. The molecular weight excluding hydrogens is 194 g/mol. The number of hydrogen-bond donors (Lipinski definition) is 1. The highest BCUT2D eigenvalue weighted by molar-refractivity contribution is 5.71. The van der Waals surface area contributed by atoms with E-state index in [-0.39, 0.29) is 0 Å². The van der Waals surface area contributed by atoms with Crippen molar-refractivity contribution in [1.29, 1.82) is 0 Å². The van der Waals surface area contributed by atoms with Gasteiger partial charge in [-0.15, -0.1) is 0 Å². The van der Waals surface area contributed by atoms with E-state index < -0.39 is 12.1 Å². The van der Waals surface area contributed by atoms with Crippen molar-refractivity contribution in [3.63, 3.8) is 0 Å². The summed E-state index contributed by atoms with van der Waals surface area (Å²) in [5, 5.41) is 8.57. The molecule has 0 unspecified atom stereocenters. The summed E-state index contributed by atoms with van der Waals surface area (Å²) < 4.78 is 5.11. The van der Waals surface area contributed by atoms with Crippen LogP contribution in [0.3, 0.4) is 0 Å². The van der Waals surface area contributed by atoms with Crippen molar-refractivity contribution in [1.82, 2.24) is 4.98 Å². The fourth-order valence-electron chi connectivity index (χ4n) is 1.16. The zero-order chi connectivity index (χ0) is 11.1. The molecule has 15 heavy (non-hydrogen) atoms. The molecule has 1 atom stereocenters. The molecule has 0 fully saturated rings. The number of aromatic nitrogens is 1. The Kier molecular flexibility index (Phi) is 4.77. The molecule has 0 aliphatic carbocycles. The Bertz CT molecular complexity index is 300. The third kappa shape index (κ3) is 4.56. The van der Waals surface area contributed by atoms with E-state index in [9.17, 15) is 4.79 Å². The Labute approximate surface area is 88.9 Å². The highest BCUT2D eigenvalue weighted by Crippen LogP contribution is 2.02.